The van der Waals surface area contributed by atoms with Crippen LogP contribution in [0.2, 0.25) is 0 Å². The molecule has 6 nitrogen and oxygen atoms in total. The first-order chi connectivity index (χ1) is 13.1. The first-order valence-electron chi connectivity index (χ1n) is 8.54. The molecule has 0 aliphatic rings. The number of nitrogens with zero attached hydrogens (tertiary/aromatic N) is 4. The summed E-state index contributed by atoms with van der Waals surface area (Å²) in [5.74, 6) is 7.24. The van der Waals surface area contributed by atoms with Crippen LogP contribution < -0.4 is 11.3 Å². The van der Waals surface area contributed by atoms with Gasteiger partial charge in [0.15, 0.2) is 0 Å². The van der Waals surface area contributed by atoms with Crippen molar-refractivity contribution in [2.45, 2.75) is 24.8 Å². The minimum absolute atomic E-state index is 0.397. The highest BCUT2D eigenvalue weighted by molar-refractivity contribution is 7.98. The van der Waals surface area contributed by atoms with Crippen molar-refractivity contribution in [3.8, 4) is 0 Å². The second-order valence-corrected chi connectivity index (χ2v) is 7.00. The van der Waals surface area contributed by atoms with Crippen molar-refractivity contribution in [3.63, 3.8) is 0 Å². The number of thioether (sulfide) groups is 1. The third-order valence-corrected chi connectivity index (χ3v) is 4.82. The minimum Gasteiger partial charge on any atom is -0.334 e. The van der Waals surface area contributed by atoms with E-state index in [4.69, 9.17) is 5.84 Å². The number of hydrazone groups is 1. The summed E-state index contributed by atoms with van der Waals surface area (Å²) in [6.45, 7) is 3.97. The zero-order valence-electron chi connectivity index (χ0n) is 15.3. The Bertz CT molecular complexity index is 929. The number of nitrogens with one attached hydrogen (secondary N) is 1. The fraction of sp³-hybridized carbons (Fsp3) is 0.150. The molecule has 0 bridgehead atoms. The number of anilines is 1. The van der Waals surface area contributed by atoms with Crippen LogP contribution in [-0.4, -0.2) is 20.6 Å². The average molecular weight is 379 g/mol. The Labute approximate surface area is 163 Å². The summed E-state index contributed by atoms with van der Waals surface area (Å²) in [6.07, 6.45) is 3.92. The van der Waals surface area contributed by atoms with Crippen LogP contribution in [0.5, 0.6) is 0 Å². The highest BCUT2D eigenvalue weighted by atomic mass is 32.2. The zero-order chi connectivity index (χ0) is 19.1. The average Bonchev–Trinajstić information content (AvgIpc) is 3.05. The predicted molar refractivity (Wildman–Crippen MR) is 113 cm³/mol. The quantitative estimate of drug-likeness (QED) is 0.280. The molecular formula is C20H22N6S. The van der Waals surface area contributed by atoms with Crippen molar-refractivity contribution in [2.75, 3.05) is 11.3 Å². The van der Waals surface area contributed by atoms with Gasteiger partial charge in [-0.25, -0.2) is 10.1 Å². The van der Waals surface area contributed by atoms with Gasteiger partial charge in [0, 0.05) is 5.75 Å². The lowest BCUT2D eigenvalue weighted by Crippen LogP contribution is -2.13. The maximum atomic E-state index is 6.06. The molecule has 0 aliphatic heterocycles. The van der Waals surface area contributed by atoms with Crippen LogP contribution >= 0.6 is 11.8 Å². The lowest BCUT2D eigenvalue weighted by Gasteiger charge is -2.04. The van der Waals surface area contributed by atoms with E-state index in [1.165, 1.54) is 27.6 Å². The van der Waals surface area contributed by atoms with Crippen LogP contribution in [0.15, 0.2) is 70.9 Å². The summed E-state index contributed by atoms with van der Waals surface area (Å²) in [7, 11) is 0. The van der Waals surface area contributed by atoms with Crippen molar-refractivity contribution in [3.05, 3.63) is 77.4 Å². The SMILES string of the molecule is CC(/C=C/c1ccccc1)=N\Nc1nnc(SCc2ccc(C)cc2)n1N. The highest BCUT2D eigenvalue weighted by Gasteiger charge is 2.09. The fourth-order valence-electron chi connectivity index (χ4n) is 2.24. The van der Waals surface area contributed by atoms with Crippen molar-refractivity contribution in [1.82, 2.24) is 14.9 Å². The molecule has 27 heavy (non-hydrogen) atoms. The molecule has 0 aliphatic carbocycles. The van der Waals surface area contributed by atoms with Crippen LogP contribution in [0.1, 0.15) is 23.6 Å². The second kappa shape index (κ2) is 9.05. The number of allylic oxidation sites excluding steroid dienone is 1. The molecule has 7 heteroatoms. The molecule has 0 spiro atoms. The lowest BCUT2D eigenvalue weighted by molar-refractivity contribution is 0.846. The Morgan fingerprint density at radius 3 is 2.63 bits per heavy atom. The molecule has 3 aromatic rings. The van der Waals surface area contributed by atoms with Crippen molar-refractivity contribution in [2.24, 2.45) is 5.10 Å². The third-order valence-electron chi connectivity index (χ3n) is 3.80. The summed E-state index contributed by atoms with van der Waals surface area (Å²) in [6, 6.07) is 18.4. The fourth-order valence-corrected chi connectivity index (χ4v) is 3.05. The van der Waals surface area contributed by atoms with E-state index in [-0.39, 0.29) is 0 Å². The number of hydrogen-bond donors (Lipinski definition) is 2. The van der Waals surface area contributed by atoms with Crippen LogP contribution in [0.25, 0.3) is 6.08 Å². The molecule has 0 atom stereocenters. The molecule has 0 unspecified atom stereocenters. The van der Waals surface area contributed by atoms with Gasteiger partial charge in [-0.15, -0.1) is 10.2 Å². The predicted octanol–water partition coefficient (Wildman–Crippen LogP) is 4.09. The first kappa shape index (κ1) is 18.7. The van der Waals surface area contributed by atoms with Gasteiger partial charge in [-0.1, -0.05) is 78.0 Å². The van der Waals surface area contributed by atoms with Crippen molar-refractivity contribution < 1.29 is 0 Å². The molecule has 0 saturated heterocycles. The molecule has 0 amide bonds. The number of benzene rings is 2. The van der Waals surface area contributed by atoms with Crippen LogP contribution in [0.3, 0.4) is 0 Å². The topological polar surface area (TPSA) is 81.1 Å². The van der Waals surface area contributed by atoms with Gasteiger partial charge >= 0.3 is 0 Å². The van der Waals surface area contributed by atoms with Gasteiger partial charge in [-0.3, -0.25) is 0 Å². The standard InChI is InChI=1S/C20H22N6S/c1-15-8-11-18(12-9-15)14-27-20-25-24-19(26(20)21)23-22-16(2)10-13-17-6-4-3-5-7-17/h3-13H,14,21H2,1-2H3,(H,23,24)/b13-10+,22-16+. The summed E-state index contributed by atoms with van der Waals surface area (Å²) in [5.41, 5.74) is 7.23. The summed E-state index contributed by atoms with van der Waals surface area (Å²) in [4.78, 5) is 0. The normalized spacial score (nSPS) is 11.9. The molecule has 138 valence electrons. The van der Waals surface area contributed by atoms with E-state index in [0.29, 0.717) is 11.1 Å². The number of aryl methyl sites for hydroxylation is 1. The Hall–Kier alpha value is -3.06. The summed E-state index contributed by atoms with van der Waals surface area (Å²) >= 11 is 1.53. The van der Waals surface area contributed by atoms with Crippen LogP contribution in [0, 0.1) is 6.92 Å². The highest BCUT2D eigenvalue weighted by Crippen LogP contribution is 2.21. The van der Waals surface area contributed by atoms with E-state index in [9.17, 15) is 0 Å². The van der Waals surface area contributed by atoms with Crippen molar-refractivity contribution in [1.29, 1.82) is 0 Å². The van der Waals surface area contributed by atoms with E-state index in [2.05, 4.69) is 51.9 Å². The first-order valence-corrected chi connectivity index (χ1v) is 9.52. The number of hydrogen-bond acceptors (Lipinski definition) is 6. The number of nitrogens with two attached hydrogens (primary N) is 1. The van der Waals surface area contributed by atoms with Gasteiger partial charge < -0.3 is 5.84 Å². The van der Waals surface area contributed by atoms with Gasteiger partial charge in [0.25, 0.3) is 5.95 Å². The molecule has 1 aromatic heterocycles. The number of aromatic nitrogens is 3. The van der Waals surface area contributed by atoms with E-state index >= 15 is 0 Å². The molecule has 0 radical (unpaired) electrons. The summed E-state index contributed by atoms with van der Waals surface area (Å²) in [5, 5.41) is 13.1. The number of rotatable bonds is 7. The Morgan fingerprint density at radius 2 is 1.89 bits per heavy atom. The molecule has 0 saturated carbocycles. The van der Waals surface area contributed by atoms with E-state index in [1.54, 1.807) is 0 Å². The zero-order valence-corrected chi connectivity index (χ0v) is 16.1. The lowest BCUT2D eigenvalue weighted by atomic mass is 10.2. The Morgan fingerprint density at radius 1 is 1.15 bits per heavy atom. The molecule has 1 heterocycles. The van der Waals surface area contributed by atoms with E-state index < -0.39 is 0 Å². The molecule has 0 fully saturated rings. The van der Waals surface area contributed by atoms with Crippen LogP contribution in [0.4, 0.5) is 5.95 Å². The summed E-state index contributed by atoms with van der Waals surface area (Å²) < 4.78 is 1.41. The third kappa shape index (κ3) is 5.46. The van der Waals surface area contributed by atoms with Gasteiger partial charge in [-0.2, -0.15) is 5.10 Å². The monoisotopic (exact) mass is 378 g/mol. The maximum Gasteiger partial charge on any atom is 0.264 e. The van der Waals surface area contributed by atoms with Gasteiger partial charge in [-0.05, 0) is 31.1 Å². The van der Waals surface area contributed by atoms with Gasteiger partial charge in [0.05, 0.1) is 5.71 Å². The molecule has 3 rings (SSSR count). The number of nitrogen functional groups attached to an aromatic ring is 1. The van der Waals surface area contributed by atoms with Crippen LogP contribution in [-0.2, 0) is 5.75 Å². The molecule has 2 aromatic carbocycles. The Kier molecular flexibility index (Phi) is 6.27. The van der Waals surface area contributed by atoms with Gasteiger partial charge in [0.1, 0.15) is 0 Å². The molecule has 3 N–H and O–H groups in total. The molecular weight excluding hydrogens is 356 g/mol. The van der Waals surface area contributed by atoms with Crippen molar-refractivity contribution >= 4 is 29.5 Å². The van der Waals surface area contributed by atoms with Gasteiger partial charge in [0.2, 0.25) is 5.16 Å². The van der Waals surface area contributed by atoms with E-state index in [0.717, 1.165) is 17.0 Å². The minimum atomic E-state index is 0.397. The van der Waals surface area contributed by atoms with E-state index in [1.807, 2.05) is 49.4 Å². The second-order valence-electron chi connectivity index (χ2n) is 6.06. The largest absolute Gasteiger partial charge is 0.334 e. The maximum absolute atomic E-state index is 6.06. The smallest absolute Gasteiger partial charge is 0.264 e. The Balaban J connectivity index is 1.58.